The van der Waals surface area contributed by atoms with E-state index >= 15 is 0 Å². The Hall–Kier alpha value is -0.280. The number of halogens is 1. The Bertz CT molecular complexity index is 155. The van der Waals surface area contributed by atoms with Crippen molar-refractivity contribution in [3.05, 3.63) is 0 Å². The molecule has 1 aliphatic heterocycles. The maximum atomic E-state index is 10.3. The van der Waals surface area contributed by atoms with Gasteiger partial charge < -0.3 is 9.59 Å². The van der Waals surface area contributed by atoms with E-state index in [1.165, 1.54) is 12.8 Å². The van der Waals surface area contributed by atoms with Crippen LogP contribution in [0.2, 0.25) is 0 Å². The maximum Gasteiger partial charge on any atom is 0.309 e. The lowest BCUT2D eigenvalue weighted by Crippen LogP contribution is -2.42. The van der Waals surface area contributed by atoms with Crippen molar-refractivity contribution in [2.45, 2.75) is 19.3 Å². The Labute approximate surface area is 79.4 Å². The van der Waals surface area contributed by atoms with E-state index in [4.69, 9.17) is 5.11 Å². The van der Waals surface area contributed by atoms with Gasteiger partial charge in [0.15, 0.2) is 0 Å². The predicted molar refractivity (Wildman–Crippen MR) is 49.5 cm³/mol. The summed E-state index contributed by atoms with van der Waals surface area (Å²) in [5, 5.41) is 8.48. The van der Waals surface area contributed by atoms with E-state index in [1.54, 1.807) is 0 Å². The number of aliphatic carboxylic acids is 1. The maximum absolute atomic E-state index is 10.3. The number of rotatable bonds is 3. The molecule has 1 aliphatic rings. The van der Waals surface area contributed by atoms with Crippen molar-refractivity contribution in [2.24, 2.45) is 0 Å². The number of quaternary nitrogens is 1. The Morgan fingerprint density at radius 2 is 1.92 bits per heavy atom. The fraction of sp³-hybridized carbons (Fsp3) is 0.875. The van der Waals surface area contributed by atoms with Crippen molar-refractivity contribution in [1.29, 1.82) is 0 Å². The highest BCUT2D eigenvalue weighted by Gasteiger charge is 2.26. The predicted octanol–water partition coefficient (Wildman–Crippen LogP) is 1.12. The van der Waals surface area contributed by atoms with Crippen molar-refractivity contribution in [3.8, 4) is 0 Å². The number of carboxylic acid groups (broad SMARTS) is 1. The van der Waals surface area contributed by atoms with E-state index in [9.17, 15) is 4.79 Å². The van der Waals surface area contributed by atoms with Crippen LogP contribution in [0.1, 0.15) is 19.3 Å². The summed E-state index contributed by atoms with van der Waals surface area (Å²) in [7, 11) is 2.15. The summed E-state index contributed by atoms with van der Waals surface area (Å²) in [6, 6.07) is 0. The van der Waals surface area contributed by atoms with Crippen LogP contribution in [0.4, 0.5) is 0 Å². The van der Waals surface area contributed by atoms with Gasteiger partial charge in [-0.3, -0.25) is 4.79 Å². The Kier molecular flexibility index (Phi) is 4.57. The molecule has 0 bridgehead atoms. The minimum absolute atomic E-state index is 0. The van der Waals surface area contributed by atoms with E-state index in [0.29, 0.717) is 6.42 Å². The molecule has 1 saturated heterocycles. The van der Waals surface area contributed by atoms with E-state index in [-0.39, 0.29) is 12.4 Å². The third-order valence-corrected chi connectivity index (χ3v) is 2.51. The molecule has 0 aliphatic carbocycles. The van der Waals surface area contributed by atoms with Crippen molar-refractivity contribution in [1.82, 2.24) is 0 Å². The highest BCUT2D eigenvalue weighted by atomic mass is 35.5. The molecule has 1 N–H and O–H groups in total. The van der Waals surface area contributed by atoms with Crippen molar-refractivity contribution in [3.63, 3.8) is 0 Å². The zero-order valence-corrected chi connectivity index (χ0v) is 8.27. The number of carbonyl (C=O) groups is 1. The van der Waals surface area contributed by atoms with Crippen LogP contribution in [0, 0.1) is 0 Å². The Morgan fingerprint density at radius 3 is 2.33 bits per heavy atom. The topological polar surface area (TPSA) is 37.3 Å². The number of carboxylic acids is 1. The van der Waals surface area contributed by atoms with Gasteiger partial charge in [-0.15, -0.1) is 12.4 Å². The van der Waals surface area contributed by atoms with Crippen LogP contribution in [-0.4, -0.2) is 42.2 Å². The molecule has 72 valence electrons. The molecule has 12 heavy (non-hydrogen) atoms. The molecule has 0 atom stereocenters. The lowest BCUT2D eigenvalue weighted by molar-refractivity contribution is -0.897. The van der Waals surface area contributed by atoms with Crippen LogP contribution in [0.15, 0.2) is 0 Å². The van der Waals surface area contributed by atoms with Crippen LogP contribution in [0.25, 0.3) is 0 Å². The molecule has 0 amide bonds. The van der Waals surface area contributed by atoms with Gasteiger partial charge in [0.05, 0.1) is 33.1 Å². The van der Waals surface area contributed by atoms with Gasteiger partial charge in [0.1, 0.15) is 0 Å². The Morgan fingerprint density at radius 1 is 1.42 bits per heavy atom. The monoisotopic (exact) mass is 194 g/mol. The average molecular weight is 195 g/mol. The SMILES string of the molecule is C[N+]1(CCC(=O)O)CCCC1.Cl. The van der Waals surface area contributed by atoms with Gasteiger partial charge in [-0.05, 0) is 0 Å². The number of hydrogen-bond donors (Lipinski definition) is 1. The van der Waals surface area contributed by atoms with Crippen LogP contribution < -0.4 is 0 Å². The molecule has 0 unspecified atom stereocenters. The molecule has 1 heterocycles. The largest absolute Gasteiger partial charge is 0.481 e. The first-order valence-corrected chi connectivity index (χ1v) is 4.18. The van der Waals surface area contributed by atoms with Gasteiger partial charge in [-0.2, -0.15) is 0 Å². The molecule has 1 fully saturated rings. The summed E-state index contributed by atoms with van der Waals surface area (Å²) in [5.41, 5.74) is 0. The molecule has 0 aromatic carbocycles. The Balaban J connectivity index is 0.00000121. The second-order valence-corrected chi connectivity index (χ2v) is 3.64. The molecule has 0 radical (unpaired) electrons. The summed E-state index contributed by atoms with van der Waals surface area (Å²) in [4.78, 5) is 10.3. The summed E-state index contributed by atoms with van der Waals surface area (Å²) in [6.45, 7) is 3.12. The molecule has 0 spiro atoms. The molecular weight excluding hydrogens is 178 g/mol. The minimum Gasteiger partial charge on any atom is -0.481 e. The van der Waals surface area contributed by atoms with E-state index < -0.39 is 5.97 Å². The third-order valence-electron chi connectivity index (χ3n) is 2.51. The molecule has 3 nitrogen and oxygen atoms in total. The lowest BCUT2D eigenvalue weighted by Gasteiger charge is -2.28. The smallest absolute Gasteiger partial charge is 0.309 e. The highest BCUT2D eigenvalue weighted by Crippen LogP contribution is 2.16. The second-order valence-electron chi connectivity index (χ2n) is 3.64. The van der Waals surface area contributed by atoms with Crippen molar-refractivity contribution in [2.75, 3.05) is 26.7 Å². The van der Waals surface area contributed by atoms with Gasteiger partial charge in [0.2, 0.25) is 0 Å². The summed E-state index contributed by atoms with van der Waals surface area (Å²) in [5.74, 6) is -0.670. The molecule has 0 saturated carbocycles. The summed E-state index contributed by atoms with van der Waals surface area (Å²) in [6.07, 6.45) is 2.84. The van der Waals surface area contributed by atoms with Crippen LogP contribution in [0.3, 0.4) is 0 Å². The van der Waals surface area contributed by atoms with Gasteiger partial charge in [0.25, 0.3) is 0 Å². The normalized spacial score (nSPS) is 20.1. The number of hydrogen-bond acceptors (Lipinski definition) is 1. The highest BCUT2D eigenvalue weighted by molar-refractivity contribution is 5.85. The first-order chi connectivity index (χ1) is 5.12. The fourth-order valence-electron chi connectivity index (χ4n) is 1.69. The summed E-state index contributed by atoms with van der Waals surface area (Å²) < 4.78 is 0.965. The number of likely N-dealkylation sites (tertiary alicyclic amines) is 1. The third kappa shape index (κ3) is 3.41. The van der Waals surface area contributed by atoms with Crippen molar-refractivity contribution >= 4 is 18.4 Å². The van der Waals surface area contributed by atoms with Crippen LogP contribution in [-0.2, 0) is 4.79 Å². The van der Waals surface area contributed by atoms with Crippen molar-refractivity contribution < 1.29 is 14.4 Å². The first kappa shape index (κ1) is 11.7. The van der Waals surface area contributed by atoms with Gasteiger partial charge in [-0.25, -0.2) is 0 Å². The standard InChI is InChI=1S/C8H15NO2.ClH/c1-9(5-2-3-6-9)7-4-8(10)11;/h2-7H2,1H3;1H/p+1. The zero-order chi connectivity index (χ0) is 8.32. The van der Waals surface area contributed by atoms with E-state index in [2.05, 4.69) is 7.05 Å². The van der Waals surface area contributed by atoms with Crippen LogP contribution in [0.5, 0.6) is 0 Å². The van der Waals surface area contributed by atoms with Gasteiger partial charge in [-0.1, -0.05) is 0 Å². The quantitative estimate of drug-likeness (QED) is 0.684. The van der Waals surface area contributed by atoms with E-state index in [0.717, 1.165) is 24.1 Å². The minimum atomic E-state index is -0.670. The van der Waals surface area contributed by atoms with Gasteiger partial charge >= 0.3 is 5.97 Å². The molecule has 4 heteroatoms. The fourth-order valence-corrected chi connectivity index (χ4v) is 1.69. The number of nitrogens with zero attached hydrogens (tertiary/aromatic N) is 1. The van der Waals surface area contributed by atoms with Gasteiger partial charge in [0, 0.05) is 12.8 Å². The molecule has 1 rings (SSSR count). The van der Waals surface area contributed by atoms with E-state index in [1.807, 2.05) is 0 Å². The lowest BCUT2D eigenvalue weighted by atomic mass is 10.3. The first-order valence-electron chi connectivity index (χ1n) is 4.18. The molecule has 0 aromatic heterocycles. The zero-order valence-electron chi connectivity index (χ0n) is 7.45. The average Bonchev–Trinajstić information content (AvgIpc) is 2.33. The second kappa shape index (κ2) is 4.67. The summed E-state index contributed by atoms with van der Waals surface area (Å²) >= 11 is 0. The van der Waals surface area contributed by atoms with Crippen LogP contribution >= 0.6 is 12.4 Å². The molecular formula is C8H17ClNO2+. The molecule has 0 aromatic rings.